The van der Waals surface area contributed by atoms with Crippen molar-refractivity contribution in [3.8, 4) is 0 Å². The highest BCUT2D eigenvalue weighted by Gasteiger charge is 2.36. The van der Waals surface area contributed by atoms with E-state index in [4.69, 9.17) is 23.2 Å². The maximum Gasteiger partial charge on any atom is 0.241 e. The molecule has 2 aromatic carbocycles. The summed E-state index contributed by atoms with van der Waals surface area (Å²) >= 11 is 13.3. The Bertz CT molecular complexity index is 1060. The highest BCUT2D eigenvalue weighted by Crippen LogP contribution is 2.54. The van der Waals surface area contributed by atoms with Gasteiger partial charge in [0.25, 0.3) is 0 Å². The van der Waals surface area contributed by atoms with Crippen LogP contribution >= 0.6 is 41.9 Å². The fraction of sp³-hybridized carbons (Fsp3) is 0.105. The predicted molar refractivity (Wildman–Crippen MR) is 114 cm³/mol. The molecular formula is C19H16Cl2NO3PS. The summed E-state index contributed by atoms with van der Waals surface area (Å²) in [6.45, 7) is 1.19. The Hall–Kier alpha value is -1.62. The molecule has 2 atom stereocenters. The maximum absolute atomic E-state index is 12.7. The van der Waals surface area contributed by atoms with Gasteiger partial charge in [0, 0.05) is 27.6 Å². The number of thiophene rings is 1. The standard InChI is InChI=1S/C19H16Cl2NO3PS/c1-26(24,25)18(16-11-27-17-7-6-14(21)10-15(16)17)19(23)22-9-8-12-2-4-13(20)5-3-12/h2-11,18H,1H3,(H,22,23)(H,24,25)/b9-8+. The number of nitrogens with one attached hydrogen (secondary N) is 1. The van der Waals surface area contributed by atoms with Crippen molar-refractivity contribution < 1.29 is 14.3 Å². The third-order valence-corrected chi connectivity index (χ3v) is 6.90. The third kappa shape index (κ3) is 4.81. The molecule has 3 rings (SSSR count). The van der Waals surface area contributed by atoms with Gasteiger partial charge in [-0.25, -0.2) is 0 Å². The Labute approximate surface area is 170 Å². The van der Waals surface area contributed by atoms with Gasteiger partial charge in [-0.05, 0) is 58.3 Å². The van der Waals surface area contributed by atoms with Gasteiger partial charge < -0.3 is 10.2 Å². The van der Waals surface area contributed by atoms with Crippen LogP contribution in [0.3, 0.4) is 0 Å². The SMILES string of the molecule is CP(=O)(O)C(C(=O)N/C=C/c1ccc(Cl)cc1)c1csc2ccc(Cl)cc12. The molecule has 0 aliphatic heterocycles. The fourth-order valence-corrected chi connectivity index (χ4v) is 5.33. The van der Waals surface area contributed by atoms with Gasteiger partial charge in [0.15, 0.2) is 0 Å². The van der Waals surface area contributed by atoms with Crippen molar-refractivity contribution in [2.45, 2.75) is 5.66 Å². The smallest absolute Gasteiger partial charge is 0.241 e. The van der Waals surface area contributed by atoms with Crippen LogP contribution in [0.4, 0.5) is 0 Å². The number of rotatable bonds is 5. The van der Waals surface area contributed by atoms with E-state index in [1.807, 2.05) is 6.07 Å². The van der Waals surface area contributed by atoms with Gasteiger partial charge in [-0.1, -0.05) is 35.3 Å². The van der Waals surface area contributed by atoms with Crippen molar-refractivity contribution in [2.75, 3.05) is 6.66 Å². The molecule has 2 N–H and O–H groups in total. The summed E-state index contributed by atoms with van der Waals surface area (Å²) in [5.74, 6) is -0.548. The van der Waals surface area contributed by atoms with E-state index >= 15 is 0 Å². The molecule has 4 nitrogen and oxygen atoms in total. The quantitative estimate of drug-likeness (QED) is 0.483. The van der Waals surface area contributed by atoms with E-state index in [-0.39, 0.29) is 0 Å². The van der Waals surface area contributed by atoms with Crippen LogP contribution < -0.4 is 5.32 Å². The lowest BCUT2D eigenvalue weighted by Crippen LogP contribution is -2.25. The molecule has 0 saturated carbocycles. The third-order valence-electron chi connectivity index (χ3n) is 3.96. The molecule has 2 unspecified atom stereocenters. The molecule has 1 amide bonds. The number of amides is 1. The number of halogens is 2. The first-order chi connectivity index (χ1) is 12.8. The van der Waals surface area contributed by atoms with Gasteiger partial charge in [0.05, 0.1) is 0 Å². The number of hydrogen-bond donors (Lipinski definition) is 2. The molecular weight excluding hydrogens is 424 g/mol. The van der Waals surface area contributed by atoms with Gasteiger partial charge in [0.1, 0.15) is 5.66 Å². The van der Waals surface area contributed by atoms with Gasteiger partial charge in [-0.2, -0.15) is 0 Å². The average molecular weight is 440 g/mol. The van der Waals surface area contributed by atoms with Crippen molar-refractivity contribution >= 4 is 64.0 Å². The van der Waals surface area contributed by atoms with Crippen LogP contribution in [-0.4, -0.2) is 17.5 Å². The average Bonchev–Trinajstić information content (AvgIpc) is 2.98. The van der Waals surface area contributed by atoms with Crippen LogP contribution in [0.25, 0.3) is 16.2 Å². The molecule has 0 saturated heterocycles. The van der Waals surface area contributed by atoms with Gasteiger partial charge in [0.2, 0.25) is 13.3 Å². The van der Waals surface area contributed by atoms with Crippen molar-refractivity contribution in [3.05, 3.63) is 75.2 Å². The second-order valence-corrected chi connectivity index (χ2v) is 10.3. The lowest BCUT2D eigenvalue weighted by atomic mass is 10.1. The van der Waals surface area contributed by atoms with Crippen LogP contribution in [0, 0.1) is 0 Å². The first-order valence-corrected chi connectivity index (χ1v) is 11.8. The zero-order valence-electron chi connectivity index (χ0n) is 14.2. The molecule has 27 heavy (non-hydrogen) atoms. The van der Waals surface area contributed by atoms with Crippen LogP contribution in [0.1, 0.15) is 16.8 Å². The molecule has 0 aliphatic rings. The monoisotopic (exact) mass is 439 g/mol. The lowest BCUT2D eigenvalue weighted by Gasteiger charge is -2.18. The number of hydrogen-bond acceptors (Lipinski definition) is 3. The molecule has 140 valence electrons. The Balaban J connectivity index is 1.88. The topological polar surface area (TPSA) is 66.4 Å². The number of benzene rings is 2. The molecule has 1 aromatic heterocycles. The molecule has 8 heteroatoms. The molecule has 0 bridgehead atoms. The largest absolute Gasteiger partial charge is 0.344 e. The Morgan fingerprint density at radius 2 is 1.85 bits per heavy atom. The minimum Gasteiger partial charge on any atom is -0.344 e. The first kappa shape index (κ1) is 20.1. The lowest BCUT2D eigenvalue weighted by molar-refractivity contribution is -0.120. The van der Waals surface area contributed by atoms with E-state index in [9.17, 15) is 14.3 Å². The minimum absolute atomic E-state index is 0.503. The zero-order valence-corrected chi connectivity index (χ0v) is 17.4. The maximum atomic E-state index is 12.7. The van der Waals surface area contributed by atoms with Gasteiger partial charge >= 0.3 is 0 Å². The van der Waals surface area contributed by atoms with Crippen molar-refractivity contribution in [3.63, 3.8) is 0 Å². The summed E-state index contributed by atoms with van der Waals surface area (Å²) in [5, 5.41) is 6.18. The number of carbonyl (C=O) groups excluding carboxylic acids is 1. The zero-order chi connectivity index (χ0) is 19.6. The Morgan fingerprint density at radius 1 is 1.19 bits per heavy atom. The van der Waals surface area contributed by atoms with E-state index in [0.717, 1.165) is 10.3 Å². The summed E-state index contributed by atoms with van der Waals surface area (Å²) < 4.78 is 13.4. The minimum atomic E-state index is -3.76. The van der Waals surface area contributed by atoms with Crippen LogP contribution in [0.15, 0.2) is 54.0 Å². The second-order valence-electron chi connectivity index (χ2n) is 6.07. The van der Waals surface area contributed by atoms with Crippen LogP contribution in [0.5, 0.6) is 0 Å². The molecule has 0 spiro atoms. The van der Waals surface area contributed by atoms with Crippen molar-refractivity contribution in [1.82, 2.24) is 5.32 Å². The molecule has 0 fully saturated rings. The summed E-state index contributed by atoms with van der Waals surface area (Å²) in [6.07, 6.45) is 3.14. The van der Waals surface area contributed by atoms with E-state index in [1.54, 1.807) is 47.9 Å². The highest BCUT2D eigenvalue weighted by atomic mass is 35.5. The Kier molecular flexibility index (Phi) is 6.09. The summed E-state index contributed by atoms with van der Waals surface area (Å²) in [4.78, 5) is 22.9. The molecule has 1 heterocycles. The fourth-order valence-electron chi connectivity index (χ4n) is 2.72. The van der Waals surface area contributed by atoms with E-state index < -0.39 is 18.9 Å². The van der Waals surface area contributed by atoms with Gasteiger partial charge in [-0.3, -0.25) is 9.36 Å². The summed E-state index contributed by atoms with van der Waals surface area (Å²) in [6, 6.07) is 12.4. The van der Waals surface area contributed by atoms with E-state index in [1.165, 1.54) is 24.2 Å². The van der Waals surface area contributed by atoms with Gasteiger partial charge in [-0.15, -0.1) is 11.3 Å². The molecule has 0 radical (unpaired) electrons. The molecule has 3 aromatic rings. The van der Waals surface area contributed by atoms with Crippen molar-refractivity contribution in [1.29, 1.82) is 0 Å². The van der Waals surface area contributed by atoms with E-state index in [0.29, 0.717) is 21.0 Å². The van der Waals surface area contributed by atoms with Crippen LogP contribution in [0.2, 0.25) is 10.0 Å². The highest BCUT2D eigenvalue weighted by molar-refractivity contribution is 7.58. The normalized spacial score (nSPS) is 15.0. The second kappa shape index (κ2) is 8.17. The first-order valence-electron chi connectivity index (χ1n) is 7.95. The molecule has 0 aliphatic carbocycles. The van der Waals surface area contributed by atoms with Crippen LogP contribution in [-0.2, 0) is 9.36 Å². The predicted octanol–water partition coefficient (Wildman–Crippen LogP) is 5.94. The summed E-state index contributed by atoms with van der Waals surface area (Å²) in [5.41, 5.74) is 0.163. The Morgan fingerprint density at radius 3 is 2.52 bits per heavy atom. The van der Waals surface area contributed by atoms with Crippen molar-refractivity contribution in [2.24, 2.45) is 0 Å². The van der Waals surface area contributed by atoms with E-state index in [2.05, 4.69) is 5.32 Å². The summed E-state index contributed by atoms with van der Waals surface area (Å²) in [7, 11) is -3.76. The number of carbonyl (C=O) groups is 1. The number of fused-ring (bicyclic) bond motifs is 1.